The van der Waals surface area contributed by atoms with Crippen LogP contribution in [0, 0.1) is 5.92 Å². The monoisotopic (exact) mass is 362 g/mol. The van der Waals surface area contributed by atoms with Gasteiger partial charge in [0.1, 0.15) is 0 Å². The van der Waals surface area contributed by atoms with Gasteiger partial charge in [-0.3, -0.25) is 4.99 Å². The smallest absolute Gasteiger partial charge is 0.191 e. The number of nitrogens with zero attached hydrogens (tertiary/aromatic N) is 2. The first-order valence-corrected chi connectivity index (χ1v) is 10.1. The fourth-order valence-electron chi connectivity index (χ4n) is 2.97. The number of unbranched alkanes of at least 4 members (excludes halogenated alkanes) is 1. The molecule has 0 heterocycles. The van der Waals surface area contributed by atoms with Crippen LogP contribution in [0.2, 0.25) is 0 Å². The van der Waals surface area contributed by atoms with E-state index in [2.05, 4.69) is 66.8 Å². The van der Waals surface area contributed by atoms with Crippen molar-refractivity contribution in [3.8, 4) is 0 Å². The molecule has 26 heavy (non-hydrogen) atoms. The van der Waals surface area contributed by atoms with E-state index in [1.807, 2.05) is 0 Å². The summed E-state index contributed by atoms with van der Waals surface area (Å²) in [6.45, 7) is 8.13. The summed E-state index contributed by atoms with van der Waals surface area (Å²) in [4.78, 5) is 7.00. The van der Waals surface area contributed by atoms with Crippen LogP contribution in [-0.4, -0.2) is 50.9 Å². The number of aliphatic imine (C=N–C) groups is 1. The van der Waals surface area contributed by atoms with E-state index < -0.39 is 0 Å². The van der Waals surface area contributed by atoms with Crippen LogP contribution in [0.5, 0.6) is 0 Å². The van der Waals surface area contributed by atoms with E-state index >= 15 is 0 Å². The normalized spacial score (nSPS) is 12.7. The van der Waals surface area contributed by atoms with Gasteiger partial charge in [-0.2, -0.15) is 0 Å². The van der Waals surface area contributed by atoms with Crippen LogP contribution in [0.25, 0.3) is 0 Å². The lowest BCUT2D eigenvalue weighted by atomic mass is 10.0. The molecule has 148 valence electrons. The van der Waals surface area contributed by atoms with Crippen molar-refractivity contribution in [2.24, 2.45) is 10.9 Å². The van der Waals surface area contributed by atoms with E-state index in [0.29, 0.717) is 5.92 Å². The number of benzene rings is 1. The summed E-state index contributed by atoms with van der Waals surface area (Å²) in [7, 11) is 2.14. The molecule has 1 aromatic carbocycles. The van der Waals surface area contributed by atoms with Crippen molar-refractivity contribution in [2.45, 2.75) is 46.0 Å². The van der Waals surface area contributed by atoms with Gasteiger partial charge in [-0.15, -0.1) is 0 Å². The summed E-state index contributed by atoms with van der Waals surface area (Å²) in [6, 6.07) is 10.5. The molecule has 5 heteroatoms. The average molecular weight is 363 g/mol. The van der Waals surface area contributed by atoms with Gasteiger partial charge < -0.3 is 20.6 Å². The van der Waals surface area contributed by atoms with Gasteiger partial charge in [-0.25, -0.2) is 0 Å². The first kappa shape index (κ1) is 22.3. The van der Waals surface area contributed by atoms with Gasteiger partial charge in [0, 0.05) is 45.5 Å². The standard InChI is InChI=1S/C21H38N4O/c1-4-11-19(14-17-26)18-24-21(22-5-2)23-15-9-10-16-25(3)20-12-7-6-8-13-20/h6-8,12-13,19,26H,4-5,9-11,14-18H2,1-3H3,(H2,22,23,24). The first-order chi connectivity index (χ1) is 12.7. The highest BCUT2D eigenvalue weighted by molar-refractivity contribution is 5.79. The molecule has 0 bridgehead atoms. The molecule has 1 atom stereocenters. The molecule has 0 spiro atoms. The Balaban J connectivity index is 2.30. The Labute approximate surface area is 159 Å². The number of guanidine groups is 1. The van der Waals surface area contributed by atoms with Crippen molar-refractivity contribution < 1.29 is 5.11 Å². The topological polar surface area (TPSA) is 59.9 Å². The van der Waals surface area contributed by atoms with Crippen LogP contribution >= 0.6 is 0 Å². The zero-order valence-electron chi connectivity index (χ0n) is 16.9. The molecule has 3 N–H and O–H groups in total. The molecule has 0 aliphatic rings. The van der Waals surface area contributed by atoms with Crippen molar-refractivity contribution in [3.63, 3.8) is 0 Å². The second-order valence-corrected chi connectivity index (χ2v) is 6.78. The SMILES string of the molecule is CCCC(CCO)CN=C(NCC)NCCCCN(C)c1ccccc1. The number of nitrogens with one attached hydrogen (secondary N) is 2. The summed E-state index contributed by atoms with van der Waals surface area (Å²) >= 11 is 0. The van der Waals surface area contributed by atoms with Gasteiger partial charge in [0.05, 0.1) is 0 Å². The Hall–Kier alpha value is -1.75. The molecule has 0 fully saturated rings. The maximum atomic E-state index is 9.18. The lowest BCUT2D eigenvalue weighted by Crippen LogP contribution is -2.38. The summed E-state index contributed by atoms with van der Waals surface area (Å²) < 4.78 is 0. The predicted octanol–water partition coefficient (Wildman–Crippen LogP) is 3.26. The van der Waals surface area contributed by atoms with Crippen molar-refractivity contribution in [2.75, 3.05) is 44.7 Å². The molecule has 5 nitrogen and oxygen atoms in total. The summed E-state index contributed by atoms with van der Waals surface area (Å²) in [5, 5.41) is 15.9. The molecule has 1 aromatic rings. The Bertz CT molecular complexity index is 472. The summed E-state index contributed by atoms with van der Waals surface area (Å²) in [6.07, 6.45) is 5.34. The third-order valence-corrected chi connectivity index (χ3v) is 4.50. The van der Waals surface area contributed by atoms with Crippen molar-refractivity contribution >= 4 is 11.6 Å². The van der Waals surface area contributed by atoms with Gasteiger partial charge in [0.25, 0.3) is 0 Å². The highest BCUT2D eigenvalue weighted by Crippen LogP contribution is 2.12. The van der Waals surface area contributed by atoms with Crippen LogP contribution in [0.3, 0.4) is 0 Å². The second-order valence-electron chi connectivity index (χ2n) is 6.78. The first-order valence-electron chi connectivity index (χ1n) is 10.1. The molecule has 0 saturated heterocycles. The number of hydrogen-bond acceptors (Lipinski definition) is 3. The van der Waals surface area contributed by atoms with Gasteiger partial charge in [-0.1, -0.05) is 31.5 Å². The largest absolute Gasteiger partial charge is 0.396 e. The number of anilines is 1. The van der Waals surface area contributed by atoms with Crippen molar-refractivity contribution in [1.82, 2.24) is 10.6 Å². The fraction of sp³-hybridized carbons (Fsp3) is 0.667. The molecule has 0 aromatic heterocycles. The minimum absolute atomic E-state index is 0.249. The highest BCUT2D eigenvalue weighted by atomic mass is 16.3. The number of rotatable bonds is 13. The van der Waals surface area contributed by atoms with E-state index in [4.69, 9.17) is 4.99 Å². The van der Waals surface area contributed by atoms with Crippen LogP contribution in [0.15, 0.2) is 35.3 Å². The van der Waals surface area contributed by atoms with E-state index in [-0.39, 0.29) is 6.61 Å². The Morgan fingerprint density at radius 1 is 1.12 bits per heavy atom. The lowest BCUT2D eigenvalue weighted by molar-refractivity contribution is 0.253. The molecule has 0 radical (unpaired) electrons. The van der Waals surface area contributed by atoms with Gasteiger partial charge >= 0.3 is 0 Å². The third-order valence-electron chi connectivity index (χ3n) is 4.50. The second kappa shape index (κ2) is 14.4. The van der Waals surface area contributed by atoms with Gasteiger partial charge in [0.2, 0.25) is 0 Å². The number of aliphatic hydroxyl groups excluding tert-OH is 1. The average Bonchev–Trinajstić information content (AvgIpc) is 2.66. The molecule has 0 aliphatic heterocycles. The van der Waals surface area contributed by atoms with Gasteiger partial charge in [0.15, 0.2) is 5.96 Å². The summed E-state index contributed by atoms with van der Waals surface area (Å²) in [5.74, 6) is 1.36. The van der Waals surface area contributed by atoms with Crippen LogP contribution in [-0.2, 0) is 0 Å². The van der Waals surface area contributed by atoms with E-state index in [0.717, 1.165) is 64.2 Å². The summed E-state index contributed by atoms with van der Waals surface area (Å²) in [5.41, 5.74) is 1.27. The molecule has 1 unspecified atom stereocenters. The molecule has 1 rings (SSSR count). The minimum Gasteiger partial charge on any atom is -0.396 e. The zero-order valence-corrected chi connectivity index (χ0v) is 16.9. The maximum Gasteiger partial charge on any atom is 0.191 e. The Kier molecular flexibility index (Phi) is 12.4. The van der Waals surface area contributed by atoms with Crippen molar-refractivity contribution in [1.29, 1.82) is 0 Å². The van der Waals surface area contributed by atoms with Crippen LogP contribution in [0.4, 0.5) is 5.69 Å². The molecule has 0 amide bonds. The molecule has 0 saturated carbocycles. The lowest BCUT2D eigenvalue weighted by Gasteiger charge is -2.19. The number of aliphatic hydroxyl groups is 1. The van der Waals surface area contributed by atoms with Crippen LogP contribution in [0.1, 0.15) is 46.0 Å². The van der Waals surface area contributed by atoms with Crippen LogP contribution < -0.4 is 15.5 Å². The Morgan fingerprint density at radius 3 is 2.54 bits per heavy atom. The van der Waals surface area contributed by atoms with Crippen molar-refractivity contribution in [3.05, 3.63) is 30.3 Å². The zero-order chi connectivity index (χ0) is 19.0. The maximum absolute atomic E-state index is 9.18. The number of hydrogen-bond donors (Lipinski definition) is 3. The molecular weight excluding hydrogens is 324 g/mol. The minimum atomic E-state index is 0.249. The fourth-order valence-corrected chi connectivity index (χ4v) is 2.97. The third kappa shape index (κ3) is 9.66. The predicted molar refractivity (Wildman–Crippen MR) is 113 cm³/mol. The molecular formula is C21H38N4O. The Morgan fingerprint density at radius 2 is 1.88 bits per heavy atom. The van der Waals surface area contributed by atoms with E-state index in [9.17, 15) is 5.11 Å². The highest BCUT2D eigenvalue weighted by Gasteiger charge is 2.07. The van der Waals surface area contributed by atoms with Gasteiger partial charge in [-0.05, 0) is 50.7 Å². The number of para-hydroxylation sites is 1. The quantitative estimate of drug-likeness (QED) is 0.286. The van der Waals surface area contributed by atoms with E-state index in [1.165, 1.54) is 5.69 Å². The molecule has 0 aliphatic carbocycles. The van der Waals surface area contributed by atoms with E-state index in [1.54, 1.807) is 0 Å².